The fourth-order valence-corrected chi connectivity index (χ4v) is 5.94. The predicted octanol–water partition coefficient (Wildman–Crippen LogP) is 6.71. The molecule has 1 amide bonds. The van der Waals surface area contributed by atoms with Crippen molar-refractivity contribution >= 4 is 34.4 Å². The van der Waals surface area contributed by atoms with Gasteiger partial charge in [0.1, 0.15) is 23.9 Å². The van der Waals surface area contributed by atoms with Crippen LogP contribution in [0.15, 0.2) is 89.2 Å². The van der Waals surface area contributed by atoms with E-state index in [1.807, 2.05) is 44.2 Å². The van der Waals surface area contributed by atoms with Crippen molar-refractivity contribution in [3.05, 3.63) is 112 Å². The lowest BCUT2D eigenvalue weighted by Gasteiger charge is -2.37. The monoisotopic (exact) mass is 554 g/mol. The van der Waals surface area contributed by atoms with E-state index in [9.17, 15) is 9.59 Å². The van der Waals surface area contributed by atoms with Gasteiger partial charge < -0.3 is 10.1 Å². The molecule has 7 nitrogen and oxygen atoms in total. The Bertz CT molecular complexity index is 1620. The summed E-state index contributed by atoms with van der Waals surface area (Å²) in [7, 11) is 0. The van der Waals surface area contributed by atoms with Gasteiger partial charge in [-0.25, -0.2) is 9.37 Å². The molecule has 3 heterocycles. The number of benzene rings is 2. The maximum absolute atomic E-state index is 16.1. The number of hydrogen-bond acceptors (Lipinski definition) is 7. The quantitative estimate of drug-likeness (QED) is 0.295. The summed E-state index contributed by atoms with van der Waals surface area (Å²) >= 11 is 1.29. The minimum atomic E-state index is -1.02. The van der Waals surface area contributed by atoms with E-state index in [-0.39, 0.29) is 35.5 Å². The number of fused-ring (bicyclic) bond motifs is 1. The minimum absolute atomic E-state index is 0.135. The molecule has 6 rings (SSSR count). The molecule has 202 valence electrons. The van der Waals surface area contributed by atoms with E-state index in [2.05, 4.69) is 15.3 Å². The van der Waals surface area contributed by atoms with Crippen LogP contribution < -0.4 is 15.0 Å². The van der Waals surface area contributed by atoms with Gasteiger partial charge >= 0.3 is 0 Å². The Morgan fingerprint density at radius 3 is 2.75 bits per heavy atom. The summed E-state index contributed by atoms with van der Waals surface area (Å²) in [5, 5.41) is 5.03. The molecule has 0 saturated heterocycles. The number of rotatable bonds is 5. The number of anilines is 2. The third-order valence-corrected chi connectivity index (χ3v) is 7.77. The number of nitrogens with one attached hydrogen (secondary N) is 1. The topological polar surface area (TPSA) is 84.4 Å². The van der Waals surface area contributed by atoms with Crippen molar-refractivity contribution in [3.63, 3.8) is 0 Å². The second kappa shape index (κ2) is 10.3. The highest BCUT2D eigenvalue weighted by Crippen LogP contribution is 2.49. The molecule has 1 unspecified atom stereocenters. The van der Waals surface area contributed by atoms with Crippen LogP contribution in [0, 0.1) is 11.2 Å². The van der Waals surface area contributed by atoms with E-state index in [1.165, 1.54) is 22.3 Å². The molecule has 0 radical (unpaired) electrons. The second-order valence-electron chi connectivity index (χ2n) is 10.8. The molecule has 1 aliphatic heterocycles. The van der Waals surface area contributed by atoms with Gasteiger partial charge in [-0.2, -0.15) is 0 Å². The standard InChI is InChI=1S/C31H27FN4O3S/c1-31(2)13-23-28(27(37)14-31)29(21-9-8-20(12-22(21)32)39-16-19-6-4-3-5-7-19)36(30(38)25-17-40-18-34-25)26-10-11-33-15-24(26)35-23/h3-12,15,17-18,29,35H,13-14,16H2,1-2H3. The van der Waals surface area contributed by atoms with Gasteiger partial charge in [0.2, 0.25) is 0 Å². The molecule has 2 aromatic carbocycles. The predicted molar refractivity (Wildman–Crippen MR) is 152 cm³/mol. The Kier molecular flexibility index (Phi) is 6.67. The zero-order chi connectivity index (χ0) is 27.9. The van der Waals surface area contributed by atoms with Crippen LogP contribution in [0.1, 0.15) is 54.3 Å². The van der Waals surface area contributed by atoms with E-state index in [0.717, 1.165) is 5.56 Å². The number of hydrogen-bond donors (Lipinski definition) is 1. The van der Waals surface area contributed by atoms with Crippen molar-refractivity contribution in [2.75, 3.05) is 10.2 Å². The molecular weight excluding hydrogens is 527 g/mol. The Hall–Kier alpha value is -4.37. The number of carbonyl (C=O) groups excluding carboxylic acids is 2. The number of carbonyl (C=O) groups is 2. The lowest BCUT2D eigenvalue weighted by atomic mass is 9.73. The van der Waals surface area contributed by atoms with Crippen molar-refractivity contribution < 1.29 is 18.7 Å². The van der Waals surface area contributed by atoms with Crippen molar-refractivity contribution in [1.29, 1.82) is 0 Å². The average Bonchev–Trinajstić information content (AvgIpc) is 3.43. The Balaban J connectivity index is 1.49. The number of halogens is 1. The lowest BCUT2D eigenvalue weighted by Crippen LogP contribution is -2.40. The molecule has 1 aliphatic carbocycles. The van der Waals surface area contributed by atoms with E-state index in [1.54, 1.807) is 41.5 Å². The maximum Gasteiger partial charge on any atom is 0.278 e. The maximum atomic E-state index is 16.1. The van der Waals surface area contributed by atoms with E-state index >= 15 is 4.39 Å². The Morgan fingerprint density at radius 1 is 1.18 bits per heavy atom. The zero-order valence-corrected chi connectivity index (χ0v) is 22.9. The average molecular weight is 555 g/mol. The SMILES string of the molecule is CC1(C)CC(=O)C2=C(C1)Nc1cnccc1N(C(=O)c1cscn1)C2c1ccc(OCc2ccccc2)cc1F. The summed E-state index contributed by atoms with van der Waals surface area (Å²) < 4.78 is 21.9. The first-order valence-corrected chi connectivity index (χ1v) is 13.9. The Labute approximate surface area is 235 Å². The number of amides is 1. The molecule has 2 aromatic heterocycles. The summed E-state index contributed by atoms with van der Waals surface area (Å²) in [4.78, 5) is 37.8. The van der Waals surface area contributed by atoms with Crippen molar-refractivity contribution in [2.45, 2.75) is 39.3 Å². The van der Waals surface area contributed by atoms with Crippen LogP contribution in [0.25, 0.3) is 0 Å². The van der Waals surface area contributed by atoms with Gasteiger partial charge in [0.25, 0.3) is 5.91 Å². The normalized spacial score (nSPS) is 17.9. The van der Waals surface area contributed by atoms with Crippen LogP contribution in [-0.2, 0) is 11.4 Å². The minimum Gasteiger partial charge on any atom is -0.489 e. The van der Waals surface area contributed by atoms with E-state index in [4.69, 9.17) is 4.74 Å². The number of Topliss-reactive ketones (excluding diaryl/α,β-unsaturated/α-hetero) is 1. The van der Waals surface area contributed by atoms with Crippen LogP contribution in [0.3, 0.4) is 0 Å². The third-order valence-electron chi connectivity index (χ3n) is 7.18. The number of allylic oxidation sites excluding steroid dienone is 1. The molecule has 0 saturated carbocycles. The smallest absolute Gasteiger partial charge is 0.278 e. The summed E-state index contributed by atoms with van der Waals surface area (Å²) in [5.74, 6) is -0.794. The van der Waals surface area contributed by atoms with Crippen LogP contribution in [0.5, 0.6) is 5.75 Å². The van der Waals surface area contributed by atoms with Gasteiger partial charge in [-0.1, -0.05) is 44.2 Å². The first-order valence-electron chi connectivity index (χ1n) is 13.0. The first kappa shape index (κ1) is 25.9. The van der Waals surface area contributed by atoms with Crippen LogP contribution in [0.4, 0.5) is 15.8 Å². The number of nitrogens with zero attached hydrogens (tertiary/aromatic N) is 3. The summed E-state index contributed by atoms with van der Waals surface area (Å²) in [6.45, 7) is 4.33. The number of aromatic nitrogens is 2. The largest absolute Gasteiger partial charge is 0.489 e. The third kappa shape index (κ3) is 4.88. The highest BCUT2D eigenvalue weighted by molar-refractivity contribution is 7.07. The summed E-state index contributed by atoms with van der Waals surface area (Å²) in [6, 6.07) is 14.9. The van der Waals surface area contributed by atoms with Crippen LogP contribution in [0.2, 0.25) is 0 Å². The van der Waals surface area contributed by atoms with Crippen LogP contribution in [-0.4, -0.2) is 21.7 Å². The van der Waals surface area contributed by atoms with Crippen molar-refractivity contribution in [3.8, 4) is 5.75 Å². The number of ketones is 1. The molecule has 1 atom stereocenters. The van der Waals surface area contributed by atoms with Gasteiger partial charge in [0.05, 0.1) is 29.1 Å². The second-order valence-corrected chi connectivity index (χ2v) is 11.5. The van der Waals surface area contributed by atoms with Gasteiger partial charge in [0, 0.05) is 40.9 Å². The molecule has 9 heteroatoms. The van der Waals surface area contributed by atoms with E-state index in [0.29, 0.717) is 34.8 Å². The molecule has 2 aliphatic rings. The van der Waals surface area contributed by atoms with E-state index < -0.39 is 17.8 Å². The first-order chi connectivity index (χ1) is 19.3. The number of ether oxygens (including phenoxy) is 1. The lowest BCUT2D eigenvalue weighted by molar-refractivity contribution is -0.118. The molecule has 0 bridgehead atoms. The highest BCUT2D eigenvalue weighted by Gasteiger charge is 2.44. The number of pyridine rings is 1. The molecule has 1 N–H and O–H groups in total. The molecule has 4 aromatic rings. The van der Waals surface area contributed by atoms with Crippen LogP contribution >= 0.6 is 11.3 Å². The van der Waals surface area contributed by atoms with Gasteiger partial charge in [-0.15, -0.1) is 11.3 Å². The van der Waals surface area contributed by atoms with Gasteiger partial charge in [-0.3, -0.25) is 19.5 Å². The molecule has 40 heavy (non-hydrogen) atoms. The number of thiazole rings is 1. The fraction of sp³-hybridized carbons (Fsp3) is 0.226. The molecule has 0 fully saturated rings. The molecule has 0 spiro atoms. The van der Waals surface area contributed by atoms with Crippen molar-refractivity contribution in [1.82, 2.24) is 9.97 Å². The molecular formula is C31H27FN4O3S. The van der Waals surface area contributed by atoms with Gasteiger partial charge in [0.15, 0.2) is 5.78 Å². The Morgan fingerprint density at radius 2 is 2.00 bits per heavy atom. The highest BCUT2D eigenvalue weighted by atomic mass is 32.1. The summed E-state index contributed by atoms with van der Waals surface area (Å²) in [5.41, 5.74) is 4.72. The van der Waals surface area contributed by atoms with Crippen molar-refractivity contribution in [2.24, 2.45) is 5.41 Å². The fourth-order valence-electron chi connectivity index (χ4n) is 5.41. The summed E-state index contributed by atoms with van der Waals surface area (Å²) in [6.07, 6.45) is 4.02. The zero-order valence-electron chi connectivity index (χ0n) is 22.1. The van der Waals surface area contributed by atoms with Gasteiger partial charge in [-0.05, 0) is 35.6 Å².